The average molecular weight is 305 g/mol. The van der Waals surface area contributed by atoms with Gasteiger partial charge in [-0.2, -0.15) is 0 Å². The van der Waals surface area contributed by atoms with Crippen molar-refractivity contribution in [1.29, 1.82) is 0 Å². The van der Waals surface area contributed by atoms with Crippen LogP contribution in [0.3, 0.4) is 0 Å². The van der Waals surface area contributed by atoms with Crippen LogP contribution in [0.4, 0.5) is 0 Å². The summed E-state index contributed by atoms with van der Waals surface area (Å²) in [7, 11) is 1.59. The third-order valence-electron chi connectivity index (χ3n) is 2.68. The number of hydrogen-bond acceptors (Lipinski definition) is 5. The molecule has 0 aliphatic carbocycles. The summed E-state index contributed by atoms with van der Waals surface area (Å²) in [6.07, 6.45) is -0.0901. The van der Waals surface area contributed by atoms with Gasteiger partial charge in [-0.25, -0.2) is 0 Å². The second kappa shape index (κ2) is 7.44. The Kier molecular flexibility index (Phi) is 5.34. The van der Waals surface area contributed by atoms with Crippen molar-refractivity contribution in [2.45, 2.75) is 6.42 Å². The molecule has 0 radical (unpaired) electrons. The number of carboxylic acids is 1. The van der Waals surface area contributed by atoms with Crippen LogP contribution in [0.25, 0.3) is 0 Å². The highest BCUT2D eigenvalue weighted by Crippen LogP contribution is 2.24. The van der Waals surface area contributed by atoms with E-state index in [0.717, 1.165) is 10.4 Å². The van der Waals surface area contributed by atoms with Crippen molar-refractivity contribution in [2.24, 2.45) is 5.16 Å². The molecule has 0 spiro atoms. The minimum Gasteiger partial charge on any atom is -0.496 e. The third kappa shape index (κ3) is 4.06. The summed E-state index contributed by atoms with van der Waals surface area (Å²) in [5.41, 5.74) is 1.44. The monoisotopic (exact) mass is 305 g/mol. The molecular formula is C15H15NO4S. The molecule has 0 saturated heterocycles. The van der Waals surface area contributed by atoms with E-state index < -0.39 is 5.97 Å². The van der Waals surface area contributed by atoms with Crippen molar-refractivity contribution in [3.05, 3.63) is 52.2 Å². The maximum absolute atomic E-state index is 10.5. The lowest BCUT2D eigenvalue weighted by Crippen LogP contribution is -2.06. The Morgan fingerprint density at radius 2 is 2.10 bits per heavy atom. The van der Waals surface area contributed by atoms with E-state index in [0.29, 0.717) is 11.5 Å². The molecule has 0 amide bonds. The largest absolute Gasteiger partial charge is 0.496 e. The first-order valence-electron chi connectivity index (χ1n) is 6.31. The first-order chi connectivity index (χ1) is 10.2. The van der Waals surface area contributed by atoms with Gasteiger partial charge in [0.25, 0.3) is 0 Å². The Bertz CT molecular complexity index is 622. The number of aliphatic carboxylic acids is 1. The highest BCUT2D eigenvalue weighted by atomic mass is 32.1. The van der Waals surface area contributed by atoms with E-state index in [1.165, 1.54) is 11.3 Å². The summed E-state index contributed by atoms with van der Waals surface area (Å²) >= 11 is 1.53. The maximum atomic E-state index is 10.5. The maximum Gasteiger partial charge on any atom is 0.306 e. The van der Waals surface area contributed by atoms with Gasteiger partial charge >= 0.3 is 5.97 Å². The van der Waals surface area contributed by atoms with Crippen LogP contribution in [0, 0.1) is 0 Å². The molecule has 0 aliphatic heterocycles. The zero-order valence-corrected chi connectivity index (χ0v) is 12.3. The predicted molar refractivity (Wildman–Crippen MR) is 81.2 cm³/mol. The van der Waals surface area contributed by atoms with E-state index in [9.17, 15) is 4.79 Å². The van der Waals surface area contributed by atoms with Gasteiger partial charge in [0.05, 0.1) is 18.4 Å². The van der Waals surface area contributed by atoms with Crippen LogP contribution in [0.15, 0.2) is 46.9 Å². The lowest BCUT2D eigenvalue weighted by Gasteiger charge is -2.09. The fraction of sp³-hybridized carbons (Fsp3) is 0.200. The number of para-hydroxylation sites is 1. The molecule has 1 heterocycles. The van der Waals surface area contributed by atoms with E-state index in [2.05, 4.69) is 5.16 Å². The summed E-state index contributed by atoms with van der Waals surface area (Å²) in [5, 5.41) is 14.7. The molecule has 110 valence electrons. The third-order valence-corrected chi connectivity index (χ3v) is 3.56. The van der Waals surface area contributed by atoms with E-state index in [-0.39, 0.29) is 13.0 Å². The zero-order chi connectivity index (χ0) is 15.1. The number of ether oxygens (including phenoxy) is 1. The molecule has 0 fully saturated rings. The number of methoxy groups -OCH3 is 1. The van der Waals surface area contributed by atoms with E-state index >= 15 is 0 Å². The highest BCUT2D eigenvalue weighted by Gasteiger charge is 2.14. The molecule has 2 aromatic rings. The molecule has 21 heavy (non-hydrogen) atoms. The second-order valence-electron chi connectivity index (χ2n) is 4.09. The molecule has 5 nitrogen and oxygen atoms in total. The molecule has 1 aromatic heterocycles. The molecule has 0 saturated carbocycles. The van der Waals surface area contributed by atoms with Gasteiger partial charge in [0.1, 0.15) is 18.1 Å². The number of rotatable bonds is 7. The normalized spacial score (nSPS) is 11.2. The molecule has 6 heteroatoms. The number of carboxylic acid groups (broad SMARTS) is 1. The van der Waals surface area contributed by atoms with Gasteiger partial charge in [-0.15, -0.1) is 11.3 Å². The van der Waals surface area contributed by atoms with Crippen LogP contribution < -0.4 is 4.74 Å². The molecule has 0 unspecified atom stereocenters. The van der Waals surface area contributed by atoms with Crippen LogP contribution in [0.1, 0.15) is 16.9 Å². The van der Waals surface area contributed by atoms with Gasteiger partial charge in [0, 0.05) is 5.56 Å². The lowest BCUT2D eigenvalue weighted by molar-refractivity contribution is -0.138. The van der Waals surface area contributed by atoms with E-state index in [1.54, 1.807) is 7.11 Å². The fourth-order valence-electron chi connectivity index (χ4n) is 1.72. The molecule has 2 rings (SSSR count). The summed E-state index contributed by atoms with van der Waals surface area (Å²) < 4.78 is 5.34. The number of oxime groups is 1. The quantitative estimate of drug-likeness (QED) is 0.485. The summed E-state index contributed by atoms with van der Waals surface area (Å²) in [6, 6.07) is 11.3. The summed E-state index contributed by atoms with van der Waals surface area (Å²) in [4.78, 5) is 16.6. The summed E-state index contributed by atoms with van der Waals surface area (Å²) in [5.74, 6) is -0.230. The zero-order valence-electron chi connectivity index (χ0n) is 11.5. The van der Waals surface area contributed by atoms with Crippen LogP contribution in [0.2, 0.25) is 0 Å². The number of thiophene rings is 1. The smallest absolute Gasteiger partial charge is 0.306 e. The van der Waals surface area contributed by atoms with Crippen LogP contribution in [0.5, 0.6) is 5.75 Å². The van der Waals surface area contributed by atoms with Gasteiger partial charge in [-0.3, -0.25) is 4.79 Å². The van der Waals surface area contributed by atoms with Gasteiger partial charge < -0.3 is 14.7 Å². The minimum absolute atomic E-state index is 0.0271. The minimum atomic E-state index is -0.917. The molecule has 0 bridgehead atoms. The number of nitrogens with zero attached hydrogens (tertiary/aromatic N) is 1. The Morgan fingerprint density at radius 1 is 1.29 bits per heavy atom. The second-order valence-corrected chi connectivity index (χ2v) is 5.04. The SMILES string of the molecule is COc1ccccc1/C(=N/OCCC(=O)O)c1cccs1. The van der Waals surface area contributed by atoms with Gasteiger partial charge in [-0.1, -0.05) is 23.4 Å². The Balaban J connectivity index is 2.28. The van der Waals surface area contributed by atoms with Crippen molar-refractivity contribution in [3.8, 4) is 5.75 Å². The van der Waals surface area contributed by atoms with Crippen molar-refractivity contribution in [1.82, 2.24) is 0 Å². The van der Waals surface area contributed by atoms with Gasteiger partial charge in [0.2, 0.25) is 0 Å². The van der Waals surface area contributed by atoms with Crippen LogP contribution in [-0.4, -0.2) is 30.5 Å². The Morgan fingerprint density at radius 3 is 2.76 bits per heavy atom. The molecule has 0 aliphatic rings. The average Bonchev–Trinajstić information content (AvgIpc) is 3.01. The van der Waals surface area contributed by atoms with Gasteiger partial charge in [0.15, 0.2) is 0 Å². The van der Waals surface area contributed by atoms with Gasteiger partial charge in [-0.05, 0) is 23.6 Å². The standard InChI is InChI=1S/C15H15NO4S/c1-19-12-6-3-2-5-11(12)15(13-7-4-10-21-13)16-20-9-8-14(17)18/h2-7,10H,8-9H2,1H3,(H,17,18)/b16-15-. The molecule has 0 atom stereocenters. The van der Waals surface area contributed by atoms with Crippen molar-refractivity contribution >= 4 is 23.0 Å². The van der Waals surface area contributed by atoms with Crippen molar-refractivity contribution < 1.29 is 19.5 Å². The summed E-state index contributed by atoms with van der Waals surface area (Å²) in [6.45, 7) is 0.0271. The van der Waals surface area contributed by atoms with Crippen molar-refractivity contribution in [2.75, 3.05) is 13.7 Å². The first kappa shape index (κ1) is 15.1. The Hall–Kier alpha value is -2.34. The van der Waals surface area contributed by atoms with Crippen LogP contribution in [-0.2, 0) is 9.63 Å². The highest BCUT2D eigenvalue weighted by molar-refractivity contribution is 7.12. The number of carbonyl (C=O) groups is 1. The number of benzene rings is 1. The first-order valence-corrected chi connectivity index (χ1v) is 7.19. The molecule has 1 aromatic carbocycles. The molecular weight excluding hydrogens is 290 g/mol. The van der Waals surface area contributed by atoms with E-state index in [4.69, 9.17) is 14.7 Å². The fourth-order valence-corrected chi connectivity index (χ4v) is 2.44. The Labute approximate surface area is 126 Å². The predicted octanol–water partition coefficient (Wildman–Crippen LogP) is 3.00. The number of hydrogen-bond donors (Lipinski definition) is 1. The van der Waals surface area contributed by atoms with Crippen molar-refractivity contribution in [3.63, 3.8) is 0 Å². The molecule has 1 N–H and O–H groups in total. The topological polar surface area (TPSA) is 68.1 Å². The van der Waals surface area contributed by atoms with Crippen LogP contribution >= 0.6 is 11.3 Å². The lowest BCUT2D eigenvalue weighted by atomic mass is 10.1. The van der Waals surface area contributed by atoms with E-state index in [1.807, 2.05) is 41.8 Å².